The van der Waals surface area contributed by atoms with Gasteiger partial charge in [-0.05, 0) is 12.8 Å². The summed E-state index contributed by atoms with van der Waals surface area (Å²) in [6.07, 6.45) is 1.49. The first-order chi connectivity index (χ1) is 11.3. The Bertz CT molecular complexity index is 998. The highest BCUT2D eigenvalue weighted by Gasteiger charge is 2.52. The van der Waals surface area contributed by atoms with Gasteiger partial charge in [-0.25, -0.2) is 13.6 Å². The molecular weight excluding hydrogens is 340 g/mol. The van der Waals surface area contributed by atoms with Gasteiger partial charge in [0.25, 0.3) is 0 Å². The van der Waals surface area contributed by atoms with Gasteiger partial charge in [-0.3, -0.25) is 4.79 Å². The van der Waals surface area contributed by atoms with Crippen molar-refractivity contribution in [2.75, 3.05) is 23.9 Å². The van der Waals surface area contributed by atoms with Crippen LogP contribution in [-0.4, -0.2) is 28.4 Å². The molecule has 1 aliphatic carbocycles. The van der Waals surface area contributed by atoms with Crippen molar-refractivity contribution >= 4 is 40.0 Å². The Balaban J connectivity index is 2.32. The molecule has 2 heterocycles. The molecule has 1 spiro atoms. The van der Waals surface area contributed by atoms with Crippen LogP contribution in [0.25, 0.3) is 10.9 Å². The minimum Gasteiger partial charge on any atom is -0.477 e. The van der Waals surface area contributed by atoms with Gasteiger partial charge in [0.1, 0.15) is 11.3 Å². The van der Waals surface area contributed by atoms with Crippen molar-refractivity contribution in [3.63, 3.8) is 0 Å². The first kappa shape index (κ1) is 15.3. The second-order valence-electron chi connectivity index (χ2n) is 6.05. The van der Waals surface area contributed by atoms with Crippen LogP contribution < -0.4 is 16.5 Å². The Labute approximate surface area is 138 Å². The second kappa shape index (κ2) is 4.62. The number of pyridine rings is 1. The zero-order valence-electron chi connectivity index (χ0n) is 12.6. The minimum absolute atomic E-state index is 0.120. The average molecular weight is 353 g/mol. The first-order valence-electron chi connectivity index (χ1n) is 7.27. The number of nitrogens with zero attached hydrogens (tertiary/aromatic N) is 1. The SMILES string of the molecule is CNc1c(F)c(N)c2c(=O)c(C(=O)O)c3n(c2c1F)C1(CC1)CS3. The predicted octanol–water partition coefficient (Wildman–Crippen LogP) is 2.20. The fourth-order valence-corrected chi connectivity index (χ4v) is 4.91. The molecule has 0 radical (unpaired) electrons. The molecule has 0 amide bonds. The van der Waals surface area contributed by atoms with E-state index in [9.17, 15) is 23.5 Å². The molecule has 24 heavy (non-hydrogen) atoms. The summed E-state index contributed by atoms with van der Waals surface area (Å²) in [5.74, 6) is -2.89. The van der Waals surface area contributed by atoms with Crippen LogP contribution in [-0.2, 0) is 5.54 Å². The van der Waals surface area contributed by atoms with Gasteiger partial charge in [0.15, 0.2) is 11.6 Å². The lowest BCUT2D eigenvalue weighted by Crippen LogP contribution is -2.26. The number of nitrogen functional groups attached to an aromatic ring is 1. The summed E-state index contributed by atoms with van der Waals surface area (Å²) in [5, 5.41) is 11.7. The summed E-state index contributed by atoms with van der Waals surface area (Å²) in [6, 6.07) is 0. The van der Waals surface area contributed by atoms with Gasteiger partial charge in [0.2, 0.25) is 5.43 Å². The lowest BCUT2D eigenvalue weighted by Gasteiger charge is -2.20. The summed E-state index contributed by atoms with van der Waals surface area (Å²) in [5.41, 5.74) is 2.81. The van der Waals surface area contributed by atoms with E-state index in [2.05, 4.69) is 5.32 Å². The molecule has 1 fully saturated rings. The highest BCUT2D eigenvalue weighted by molar-refractivity contribution is 7.99. The van der Waals surface area contributed by atoms with E-state index in [4.69, 9.17) is 5.73 Å². The van der Waals surface area contributed by atoms with Crippen molar-refractivity contribution in [2.45, 2.75) is 23.4 Å². The lowest BCUT2D eigenvalue weighted by molar-refractivity contribution is 0.0690. The summed E-state index contributed by atoms with van der Waals surface area (Å²) in [7, 11) is 1.35. The number of carboxylic acids is 1. The largest absolute Gasteiger partial charge is 0.477 e. The summed E-state index contributed by atoms with van der Waals surface area (Å²) in [6.45, 7) is 0. The van der Waals surface area contributed by atoms with E-state index in [-0.39, 0.29) is 10.5 Å². The maximum absolute atomic E-state index is 15.0. The van der Waals surface area contributed by atoms with Crippen LogP contribution in [0.15, 0.2) is 9.82 Å². The summed E-state index contributed by atoms with van der Waals surface area (Å²) >= 11 is 1.21. The highest BCUT2D eigenvalue weighted by Crippen LogP contribution is 2.56. The van der Waals surface area contributed by atoms with Gasteiger partial charge in [0.05, 0.1) is 27.2 Å². The second-order valence-corrected chi connectivity index (χ2v) is 7.02. The van der Waals surface area contributed by atoms with Crippen molar-refractivity contribution in [2.24, 2.45) is 0 Å². The molecule has 4 N–H and O–H groups in total. The number of carboxylic acid groups (broad SMARTS) is 1. The molecule has 1 saturated carbocycles. The maximum atomic E-state index is 15.0. The van der Waals surface area contributed by atoms with E-state index in [1.54, 1.807) is 4.57 Å². The van der Waals surface area contributed by atoms with E-state index >= 15 is 0 Å². The fraction of sp³-hybridized carbons (Fsp3) is 0.333. The predicted molar refractivity (Wildman–Crippen MR) is 87.0 cm³/mol. The molecule has 6 nitrogen and oxygen atoms in total. The third-order valence-corrected chi connectivity index (χ3v) is 6.07. The number of carbonyl (C=O) groups is 1. The van der Waals surface area contributed by atoms with Gasteiger partial charge in [0, 0.05) is 12.8 Å². The Morgan fingerprint density at radius 2 is 2.04 bits per heavy atom. The smallest absolute Gasteiger partial charge is 0.342 e. The number of nitrogens with one attached hydrogen (secondary N) is 1. The lowest BCUT2D eigenvalue weighted by atomic mass is 10.1. The van der Waals surface area contributed by atoms with E-state index in [0.717, 1.165) is 12.8 Å². The van der Waals surface area contributed by atoms with Crippen molar-refractivity contribution in [3.05, 3.63) is 27.4 Å². The Morgan fingerprint density at radius 3 is 2.58 bits per heavy atom. The van der Waals surface area contributed by atoms with E-state index in [1.165, 1.54) is 18.8 Å². The van der Waals surface area contributed by atoms with Crippen LogP contribution in [0.1, 0.15) is 23.2 Å². The third-order valence-electron chi connectivity index (χ3n) is 4.73. The van der Waals surface area contributed by atoms with Crippen LogP contribution >= 0.6 is 11.8 Å². The number of thioether (sulfide) groups is 1. The van der Waals surface area contributed by atoms with Crippen molar-refractivity contribution in [1.29, 1.82) is 0 Å². The number of rotatable bonds is 2. The van der Waals surface area contributed by atoms with Crippen molar-refractivity contribution < 1.29 is 18.7 Å². The number of aromatic nitrogens is 1. The standard InChI is InChI=1S/C15H13F2N3O3S/c1-19-10-7(16)9(18)5-11(8(10)17)20-13(6(12(5)21)14(22)23)24-4-15(20)2-3-15/h19H,2-4,18H2,1H3,(H,22,23). The van der Waals surface area contributed by atoms with Gasteiger partial charge < -0.3 is 20.7 Å². The number of aromatic carboxylic acids is 1. The van der Waals surface area contributed by atoms with Crippen LogP contribution in [0, 0.1) is 11.6 Å². The average Bonchev–Trinajstić information content (AvgIpc) is 3.21. The number of benzene rings is 1. The van der Waals surface area contributed by atoms with E-state index in [1.807, 2.05) is 0 Å². The van der Waals surface area contributed by atoms with Gasteiger partial charge in [-0.15, -0.1) is 11.8 Å². The molecule has 0 bridgehead atoms. The number of anilines is 2. The number of fused-ring (bicyclic) bond motifs is 4. The minimum atomic E-state index is -1.42. The molecule has 1 aromatic heterocycles. The molecule has 9 heteroatoms. The van der Waals surface area contributed by atoms with Crippen LogP contribution in [0.3, 0.4) is 0 Å². The van der Waals surface area contributed by atoms with Gasteiger partial charge >= 0.3 is 5.97 Å². The number of hydrogen-bond donors (Lipinski definition) is 3. The molecule has 2 aliphatic rings. The molecule has 0 saturated heterocycles. The molecule has 0 atom stereocenters. The van der Waals surface area contributed by atoms with E-state index < -0.39 is 50.9 Å². The van der Waals surface area contributed by atoms with Gasteiger partial charge in [-0.1, -0.05) is 0 Å². The quantitative estimate of drug-likeness (QED) is 0.716. The zero-order chi connectivity index (χ0) is 17.4. The molecule has 1 aromatic carbocycles. The summed E-state index contributed by atoms with van der Waals surface area (Å²) < 4.78 is 30.9. The molecule has 126 valence electrons. The molecule has 1 aliphatic heterocycles. The maximum Gasteiger partial charge on any atom is 0.342 e. The Morgan fingerprint density at radius 1 is 1.38 bits per heavy atom. The normalized spacial score (nSPS) is 17.3. The molecular formula is C15H13F2N3O3S. The first-order valence-corrected chi connectivity index (χ1v) is 8.26. The molecule has 0 unspecified atom stereocenters. The van der Waals surface area contributed by atoms with Crippen LogP contribution in [0.4, 0.5) is 20.2 Å². The van der Waals surface area contributed by atoms with Crippen LogP contribution in [0.2, 0.25) is 0 Å². The number of hydrogen-bond acceptors (Lipinski definition) is 5. The molecule has 4 rings (SSSR count). The number of nitrogens with two attached hydrogens (primary N) is 1. The van der Waals surface area contributed by atoms with E-state index in [0.29, 0.717) is 5.75 Å². The highest BCUT2D eigenvalue weighted by atomic mass is 32.2. The van der Waals surface area contributed by atoms with Crippen molar-refractivity contribution in [3.8, 4) is 0 Å². The third kappa shape index (κ3) is 1.65. The van der Waals surface area contributed by atoms with Gasteiger partial charge in [-0.2, -0.15) is 0 Å². The number of halogens is 2. The van der Waals surface area contributed by atoms with Crippen LogP contribution in [0.5, 0.6) is 0 Å². The monoisotopic (exact) mass is 353 g/mol. The Kier molecular flexibility index (Phi) is 2.94. The fourth-order valence-electron chi connectivity index (χ4n) is 3.35. The van der Waals surface area contributed by atoms with Crippen molar-refractivity contribution in [1.82, 2.24) is 4.57 Å². The summed E-state index contributed by atoms with van der Waals surface area (Å²) in [4.78, 5) is 24.2. The zero-order valence-corrected chi connectivity index (χ0v) is 13.4. The topological polar surface area (TPSA) is 97.3 Å². The Hall–Kier alpha value is -2.29. The molecule has 2 aromatic rings.